The summed E-state index contributed by atoms with van der Waals surface area (Å²) in [4.78, 5) is 2.50. The molecule has 0 aromatic carbocycles. The van der Waals surface area contributed by atoms with E-state index >= 15 is 0 Å². The first-order valence-corrected chi connectivity index (χ1v) is 6.64. The summed E-state index contributed by atoms with van der Waals surface area (Å²) in [6, 6.07) is 1.22. The van der Waals surface area contributed by atoms with Crippen LogP contribution in [-0.4, -0.2) is 49.8 Å². The number of hydrogen-bond acceptors (Lipinski definition) is 3. The fourth-order valence-electron chi connectivity index (χ4n) is 2.24. The third-order valence-corrected chi connectivity index (χ3v) is 3.02. The van der Waals surface area contributed by atoms with Crippen LogP contribution in [0.4, 0.5) is 0 Å². The molecule has 16 heavy (non-hydrogen) atoms. The molecule has 1 saturated heterocycles. The van der Waals surface area contributed by atoms with Gasteiger partial charge in [-0.2, -0.15) is 0 Å². The number of hydrogen-bond donors (Lipinski definition) is 1. The van der Waals surface area contributed by atoms with Crippen LogP contribution in [0.2, 0.25) is 0 Å². The summed E-state index contributed by atoms with van der Waals surface area (Å²) in [5.74, 6) is 0.749. The van der Waals surface area contributed by atoms with Gasteiger partial charge in [0.15, 0.2) is 0 Å². The molecule has 3 nitrogen and oxygen atoms in total. The highest BCUT2D eigenvalue weighted by atomic mass is 16.5. The third-order valence-electron chi connectivity index (χ3n) is 3.02. The number of ether oxygens (including phenoxy) is 1. The highest BCUT2D eigenvalue weighted by molar-refractivity contribution is 4.80. The lowest BCUT2D eigenvalue weighted by Crippen LogP contribution is -2.54. The van der Waals surface area contributed by atoms with Gasteiger partial charge in [0, 0.05) is 38.3 Å². The van der Waals surface area contributed by atoms with E-state index in [4.69, 9.17) is 4.74 Å². The third kappa shape index (κ3) is 5.83. The Labute approximate surface area is 101 Å². The van der Waals surface area contributed by atoms with Crippen molar-refractivity contribution >= 4 is 0 Å². The van der Waals surface area contributed by atoms with Crippen LogP contribution >= 0.6 is 0 Å². The van der Waals surface area contributed by atoms with Gasteiger partial charge in [0.1, 0.15) is 0 Å². The molecule has 2 atom stereocenters. The lowest BCUT2D eigenvalue weighted by molar-refractivity contribution is 0.0797. The van der Waals surface area contributed by atoms with E-state index < -0.39 is 0 Å². The SMILES string of the molecule is CC(C)CCOCCN1CC(C)NC(C)C1. The number of nitrogens with one attached hydrogen (secondary N) is 1. The molecule has 1 aliphatic rings. The summed E-state index contributed by atoms with van der Waals surface area (Å²) < 4.78 is 5.66. The predicted octanol–water partition coefficient (Wildman–Crippen LogP) is 1.73. The van der Waals surface area contributed by atoms with Gasteiger partial charge in [0.25, 0.3) is 0 Å². The van der Waals surface area contributed by atoms with Crippen LogP contribution in [0, 0.1) is 5.92 Å². The molecule has 1 fully saturated rings. The molecule has 0 bridgehead atoms. The molecule has 3 heteroatoms. The van der Waals surface area contributed by atoms with E-state index in [1.165, 1.54) is 6.42 Å². The zero-order chi connectivity index (χ0) is 12.0. The molecule has 2 unspecified atom stereocenters. The predicted molar refractivity (Wildman–Crippen MR) is 68.8 cm³/mol. The maximum Gasteiger partial charge on any atom is 0.0593 e. The highest BCUT2D eigenvalue weighted by Gasteiger charge is 2.19. The van der Waals surface area contributed by atoms with Crippen molar-refractivity contribution in [2.75, 3.05) is 32.8 Å². The molecule has 0 spiro atoms. The van der Waals surface area contributed by atoms with E-state index in [0.717, 1.165) is 38.8 Å². The van der Waals surface area contributed by atoms with Crippen molar-refractivity contribution in [3.05, 3.63) is 0 Å². The standard InChI is InChI=1S/C13H28N2O/c1-11(2)5-7-16-8-6-15-9-12(3)14-13(4)10-15/h11-14H,5-10H2,1-4H3. The minimum Gasteiger partial charge on any atom is -0.380 e. The lowest BCUT2D eigenvalue weighted by atomic mass is 10.1. The summed E-state index contributed by atoms with van der Waals surface area (Å²) in [6.45, 7) is 14.2. The molecule has 0 saturated carbocycles. The van der Waals surface area contributed by atoms with E-state index in [9.17, 15) is 0 Å². The molecule has 1 aliphatic heterocycles. The normalized spacial score (nSPS) is 27.6. The smallest absolute Gasteiger partial charge is 0.0593 e. The van der Waals surface area contributed by atoms with Crippen molar-refractivity contribution in [2.24, 2.45) is 5.92 Å². The molecule has 0 amide bonds. The minimum atomic E-state index is 0.611. The van der Waals surface area contributed by atoms with Gasteiger partial charge in [0.05, 0.1) is 6.61 Å². The monoisotopic (exact) mass is 228 g/mol. The molecule has 1 rings (SSSR count). The van der Waals surface area contributed by atoms with Crippen LogP contribution in [0.3, 0.4) is 0 Å². The van der Waals surface area contributed by atoms with Crippen molar-refractivity contribution in [3.63, 3.8) is 0 Å². The van der Waals surface area contributed by atoms with Gasteiger partial charge in [-0.05, 0) is 26.2 Å². The molecule has 0 radical (unpaired) electrons. The lowest BCUT2D eigenvalue weighted by Gasteiger charge is -2.36. The number of rotatable bonds is 6. The van der Waals surface area contributed by atoms with Crippen LogP contribution in [0.25, 0.3) is 0 Å². The van der Waals surface area contributed by atoms with Crippen molar-refractivity contribution < 1.29 is 4.74 Å². The van der Waals surface area contributed by atoms with Gasteiger partial charge in [0.2, 0.25) is 0 Å². The number of nitrogens with zero attached hydrogens (tertiary/aromatic N) is 1. The Morgan fingerprint density at radius 1 is 1.19 bits per heavy atom. The van der Waals surface area contributed by atoms with Gasteiger partial charge in [-0.15, -0.1) is 0 Å². The first-order valence-electron chi connectivity index (χ1n) is 6.64. The van der Waals surface area contributed by atoms with Gasteiger partial charge < -0.3 is 10.1 Å². The Morgan fingerprint density at radius 2 is 1.81 bits per heavy atom. The van der Waals surface area contributed by atoms with E-state index in [2.05, 4.69) is 37.9 Å². The van der Waals surface area contributed by atoms with Crippen molar-refractivity contribution in [1.82, 2.24) is 10.2 Å². The molecule has 1 heterocycles. The van der Waals surface area contributed by atoms with Crippen molar-refractivity contribution in [3.8, 4) is 0 Å². The summed E-state index contributed by atoms with van der Waals surface area (Å²) in [7, 11) is 0. The average Bonchev–Trinajstić information content (AvgIpc) is 2.15. The van der Waals surface area contributed by atoms with Crippen LogP contribution < -0.4 is 5.32 Å². The molecule has 0 aromatic heterocycles. The molecule has 96 valence electrons. The van der Waals surface area contributed by atoms with E-state index in [1.807, 2.05) is 0 Å². The van der Waals surface area contributed by atoms with Gasteiger partial charge in [-0.3, -0.25) is 4.90 Å². The topological polar surface area (TPSA) is 24.5 Å². The summed E-state index contributed by atoms with van der Waals surface area (Å²) in [5.41, 5.74) is 0. The van der Waals surface area contributed by atoms with Crippen LogP contribution in [-0.2, 0) is 4.74 Å². The Kier molecular flexibility index (Phi) is 6.32. The minimum absolute atomic E-state index is 0.611. The molecular formula is C13H28N2O. The molecular weight excluding hydrogens is 200 g/mol. The second-order valence-corrected chi connectivity index (χ2v) is 5.52. The van der Waals surface area contributed by atoms with Gasteiger partial charge in [-0.25, -0.2) is 0 Å². The number of piperazine rings is 1. The average molecular weight is 228 g/mol. The first kappa shape index (κ1) is 13.9. The Balaban J connectivity index is 2.04. The quantitative estimate of drug-likeness (QED) is 0.701. The molecule has 1 N–H and O–H groups in total. The zero-order valence-electron chi connectivity index (χ0n) is 11.3. The van der Waals surface area contributed by atoms with Crippen molar-refractivity contribution in [1.29, 1.82) is 0 Å². The fourth-order valence-corrected chi connectivity index (χ4v) is 2.24. The van der Waals surface area contributed by atoms with E-state index in [1.54, 1.807) is 0 Å². The van der Waals surface area contributed by atoms with Crippen LogP contribution in [0.1, 0.15) is 34.1 Å². The summed E-state index contributed by atoms with van der Waals surface area (Å²) in [6.07, 6.45) is 1.17. The second kappa shape index (κ2) is 7.25. The van der Waals surface area contributed by atoms with Gasteiger partial charge >= 0.3 is 0 Å². The Bertz CT molecular complexity index is 175. The van der Waals surface area contributed by atoms with Crippen molar-refractivity contribution in [2.45, 2.75) is 46.2 Å². The summed E-state index contributed by atoms with van der Waals surface area (Å²) in [5, 5.41) is 3.54. The second-order valence-electron chi connectivity index (χ2n) is 5.52. The maximum absolute atomic E-state index is 5.66. The highest BCUT2D eigenvalue weighted by Crippen LogP contribution is 2.04. The Hall–Kier alpha value is -0.120. The van der Waals surface area contributed by atoms with E-state index in [0.29, 0.717) is 12.1 Å². The first-order chi connectivity index (χ1) is 7.58. The summed E-state index contributed by atoms with van der Waals surface area (Å²) >= 11 is 0. The Morgan fingerprint density at radius 3 is 2.38 bits per heavy atom. The van der Waals surface area contributed by atoms with Gasteiger partial charge in [-0.1, -0.05) is 13.8 Å². The maximum atomic E-state index is 5.66. The molecule has 0 aromatic rings. The fraction of sp³-hybridized carbons (Fsp3) is 1.00. The zero-order valence-corrected chi connectivity index (χ0v) is 11.3. The van der Waals surface area contributed by atoms with Crippen LogP contribution in [0.5, 0.6) is 0 Å². The molecule has 0 aliphatic carbocycles. The largest absolute Gasteiger partial charge is 0.380 e. The van der Waals surface area contributed by atoms with E-state index in [-0.39, 0.29) is 0 Å². The van der Waals surface area contributed by atoms with Crippen LogP contribution in [0.15, 0.2) is 0 Å².